The molecule has 0 aromatic heterocycles. The smallest absolute Gasteiger partial charge is 0.237 e. The molecule has 1 fully saturated rings. The number of amides is 1. The summed E-state index contributed by atoms with van der Waals surface area (Å²) in [4.78, 5) is 12.1. The van der Waals surface area contributed by atoms with Crippen LogP contribution in [0.4, 0.5) is 0 Å². The highest BCUT2D eigenvalue weighted by Gasteiger charge is 2.33. The van der Waals surface area contributed by atoms with Gasteiger partial charge in [-0.3, -0.25) is 4.79 Å². The highest BCUT2D eigenvalue weighted by molar-refractivity contribution is 5.81. The van der Waals surface area contributed by atoms with Gasteiger partial charge in [-0.15, -0.1) is 0 Å². The first kappa shape index (κ1) is 16.0. The molecule has 0 saturated heterocycles. The number of nitrogens with one attached hydrogen (secondary N) is 1. The first-order chi connectivity index (χ1) is 9.98. The molecule has 1 amide bonds. The van der Waals surface area contributed by atoms with E-state index in [1.54, 1.807) is 0 Å². The van der Waals surface area contributed by atoms with Crippen molar-refractivity contribution < 1.29 is 9.90 Å². The predicted molar refractivity (Wildman–Crippen MR) is 83.7 cm³/mol. The topological polar surface area (TPSA) is 75.3 Å². The fourth-order valence-corrected chi connectivity index (χ4v) is 3.14. The predicted octanol–water partition coefficient (Wildman–Crippen LogP) is 1.61. The molecule has 0 bridgehead atoms. The van der Waals surface area contributed by atoms with Gasteiger partial charge in [0.2, 0.25) is 5.91 Å². The van der Waals surface area contributed by atoms with Gasteiger partial charge in [-0.25, -0.2) is 0 Å². The third-order valence-corrected chi connectivity index (χ3v) is 4.29. The average Bonchev–Trinajstić information content (AvgIpc) is 2.45. The molecule has 4 N–H and O–H groups in total. The third kappa shape index (κ3) is 4.83. The van der Waals surface area contributed by atoms with E-state index >= 15 is 0 Å². The van der Waals surface area contributed by atoms with Gasteiger partial charge < -0.3 is 16.2 Å². The molecular weight excluding hydrogens is 264 g/mol. The maximum absolute atomic E-state index is 12.1. The van der Waals surface area contributed by atoms with Crippen LogP contribution in [0.25, 0.3) is 0 Å². The molecule has 0 heterocycles. The lowest BCUT2D eigenvalue weighted by Gasteiger charge is -2.35. The number of carbonyl (C=O) groups excluding carboxylic acids is 1. The van der Waals surface area contributed by atoms with E-state index in [1.165, 1.54) is 0 Å². The summed E-state index contributed by atoms with van der Waals surface area (Å²) < 4.78 is 0. The number of aliphatic hydroxyl groups is 1. The minimum Gasteiger partial charge on any atom is -0.388 e. The van der Waals surface area contributed by atoms with Crippen LogP contribution < -0.4 is 11.1 Å². The molecule has 116 valence electrons. The van der Waals surface area contributed by atoms with Crippen LogP contribution in [-0.4, -0.2) is 29.2 Å². The Balaban J connectivity index is 1.81. The fourth-order valence-electron chi connectivity index (χ4n) is 3.14. The molecule has 3 atom stereocenters. The van der Waals surface area contributed by atoms with Gasteiger partial charge in [0.25, 0.3) is 0 Å². The summed E-state index contributed by atoms with van der Waals surface area (Å²) in [5, 5.41) is 13.3. The zero-order valence-electron chi connectivity index (χ0n) is 12.7. The Morgan fingerprint density at radius 2 is 2.19 bits per heavy atom. The summed E-state index contributed by atoms with van der Waals surface area (Å²) >= 11 is 0. The Morgan fingerprint density at radius 3 is 2.86 bits per heavy atom. The third-order valence-electron chi connectivity index (χ3n) is 4.29. The summed E-state index contributed by atoms with van der Waals surface area (Å²) in [7, 11) is 0. The SMILES string of the molecule is CC1CCCC(O)(CNC(=O)[C@H](N)Cc2ccccc2)C1. The van der Waals surface area contributed by atoms with Crippen molar-refractivity contribution in [3.63, 3.8) is 0 Å². The van der Waals surface area contributed by atoms with E-state index in [9.17, 15) is 9.90 Å². The van der Waals surface area contributed by atoms with E-state index in [-0.39, 0.29) is 5.91 Å². The van der Waals surface area contributed by atoms with E-state index in [2.05, 4.69) is 12.2 Å². The molecule has 4 nitrogen and oxygen atoms in total. The number of hydrogen-bond donors (Lipinski definition) is 3. The van der Waals surface area contributed by atoms with Crippen molar-refractivity contribution in [3.8, 4) is 0 Å². The molecule has 1 aliphatic rings. The van der Waals surface area contributed by atoms with E-state index in [4.69, 9.17) is 5.73 Å². The molecular formula is C17H26N2O2. The van der Waals surface area contributed by atoms with Crippen molar-refractivity contribution in [1.29, 1.82) is 0 Å². The summed E-state index contributed by atoms with van der Waals surface area (Å²) in [6, 6.07) is 9.16. The monoisotopic (exact) mass is 290 g/mol. The Morgan fingerprint density at radius 1 is 1.48 bits per heavy atom. The van der Waals surface area contributed by atoms with E-state index in [0.717, 1.165) is 31.2 Å². The lowest BCUT2D eigenvalue weighted by Crippen LogP contribution is -2.50. The molecule has 1 aromatic carbocycles. The normalized spacial score (nSPS) is 27.1. The maximum atomic E-state index is 12.1. The molecule has 0 spiro atoms. The zero-order valence-corrected chi connectivity index (χ0v) is 12.7. The standard InChI is InChI=1S/C17H26N2O2/c1-13-6-5-9-17(21,11-13)12-19-16(20)15(18)10-14-7-3-2-4-8-14/h2-4,7-8,13,15,21H,5-6,9-12,18H2,1H3,(H,19,20)/t13?,15-,17?/m1/s1. The molecule has 1 saturated carbocycles. The fraction of sp³-hybridized carbons (Fsp3) is 0.588. The lowest BCUT2D eigenvalue weighted by atomic mass is 9.79. The highest BCUT2D eigenvalue weighted by atomic mass is 16.3. The Labute approximate surface area is 126 Å². The summed E-state index contributed by atoms with van der Waals surface area (Å²) in [6.45, 7) is 2.45. The van der Waals surface area contributed by atoms with Crippen molar-refractivity contribution in [2.75, 3.05) is 6.54 Å². The Kier molecular flexibility index (Phi) is 5.37. The van der Waals surface area contributed by atoms with Gasteiger partial charge >= 0.3 is 0 Å². The summed E-state index contributed by atoms with van der Waals surface area (Å²) in [5.41, 5.74) is 6.22. The molecule has 4 heteroatoms. The van der Waals surface area contributed by atoms with E-state index < -0.39 is 11.6 Å². The van der Waals surface area contributed by atoms with Crippen LogP contribution in [0.15, 0.2) is 30.3 Å². The van der Waals surface area contributed by atoms with Crippen LogP contribution in [0.5, 0.6) is 0 Å². The van der Waals surface area contributed by atoms with Crippen LogP contribution in [0.2, 0.25) is 0 Å². The number of hydrogen-bond acceptors (Lipinski definition) is 3. The van der Waals surface area contributed by atoms with Crippen LogP contribution in [0, 0.1) is 5.92 Å². The number of benzene rings is 1. The number of carbonyl (C=O) groups is 1. The van der Waals surface area contributed by atoms with Crippen molar-refractivity contribution in [1.82, 2.24) is 5.32 Å². The average molecular weight is 290 g/mol. The van der Waals surface area contributed by atoms with Crippen LogP contribution in [-0.2, 0) is 11.2 Å². The molecule has 1 aliphatic carbocycles. The Bertz CT molecular complexity index is 463. The second-order valence-electron chi connectivity index (χ2n) is 6.44. The van der Waals surface area contributed by atoms with Gasteiger partial charge in [0, 0.05) is 6.54 Å². The highest BCUT2D eigenvalue weighted by Crippen LogP contribution is 2.31. The second kappa shape index (κ2) is 7.05. The van der Waals surface area contributed by atoms with Gasteiger partial charge in [-0.05, 0) is 30.7 Å². The summed E-state index contributed by atoms with van der Waals surface area (Å²) in [5.74, 6) is 0.323. The van der Waals surface area contributed by atoms with Gasteiger partial charge in [0.1, 0.15) is 0 Å². The zero-order chi connectivity index (χ0) is 15.3. The first-order valence-electron chi connectivity index (χ1n) is 7.78. The quantitative estimate of drug-likeness (QED) is 0.771. The second-order valence-corrected chi connectivity index (χ2v) is 6.44. The van der Waals surface area contributed by atoms with E-state index in [1.807, 2.05) is 30.3 Å². The van der Waals surface area contributed by atoms with Gasteiger partial charge in [-0.1, -0.05) is 50.1 Å². The van der Waals surface area contributed by atoms with Gasteiger partial charge in [0.15, 0.2) is 0 Å². The van der Waals surface area contributed by atoms with Crippen molar-refractivity contribution in [3.05, 3.63) is 35.9 Å². The van der Waals surface area contributed by atoms with Crippen LogP contribution >= 0.6 is 0 Å². The van der Waals surface area contributed by atoms with Crippen molar-refractivity contribution >= 4 is 5.91 Å². The minimum absolute atomic E-state index is 0.189. The maximum Gasteiger partial charge on any atom is 0.237 e. The molecule has 0 radical (unpaired) electrons. The van der Waals surface area contributed by atoms with Crippen LogP contribution in [0.1, 0.15) is 38.2 Å². The number of rotatable bonds is 5. The van der Waals surface area contributed by atoms with Gasteiger partial charge in [-0.2, -0.15) is 0 Å². The van der Waals surface area contributed by atoms with Crippen LogP contribution in [0.3, 0.4) is 0 Å². The minimum atomic E-state index is -0.764. The van der Waals surface area contributed by atoms with Crippen molar-refractivity contribution in [2.45, 2.75) is 50.7 Å². The first-order valence-corrected chi connectivity index (χ1v) is 7.78. The lowest BCUT2D eigenvalue weighted by molar-refractivity contribution is -0.124. The molecule has 2 rings (SSSR count). The van der Waals surface area contributed by atoms with Gasteiger partial charge in [0.05, 0.1) is 11.6 Å². The number of nitrogens with two attached hydrogens (primary N) is 1. The molecule has 2 unspecified atom stereocenters. The molecule has 0 aliphatic heterocycles. The van der Waals surface area contributed by atoms with E-state index in [0.29, 0.717) is 18.9 Å². The van der Waals surface area contributed by atoms with Crippen molar-refractivity contribution in [2.24, 2.45) is 11.7 Å². The molecule has 21 heavy (non-hydrogen) atoms. The summed E-state index contributed by atoms with van der Waals surface area (Å²) in [6.07, 6.45) is 4.20. The molecule has 1 aromatic rings. The largest absolute Gasteiger partial charge is 0.388 e. The Hall–Kier alpha value is -1.39.